The summed E-state index contributed by atoms with van der Waals surface area (Å²) < 4.78 is 86.5. The average Bonchev–Trinajstić information content (AvgIpc) is 3.38. The second-order valence-electron chi connectivity index (χ2n) is 7.96. The molecule has 176 valence electrons. The van der Waals surface area contributed by atoms with Gasteiger partial charge in [-0.2, -0.15) is 36.7 Å². The van der Waals surface area contributed by atoms with Crippen LogP contribution in [0.3, 0.4) is 0 Å². The highest BCUT2D eigenvalue weighted by atomic mass is 19.4. The molecule has 13 heteroatoms. The van der Waals surface area contributed by atoms with E-state index in [1.165, 1.54) is 7.05 Å². The number of aliphatic hydroxyl groups is 1. The van der Waals surface area contributed by atoms with Crippen molar-refractivity contribution in [3.8, 4) is 6.07 Å². The Morgan fingerprint density at radius 1 is 1.27 bits per heavy atom. The number of anilines is 1. The predicted molar refractivity (Wildman–Crippen MR) is 98.5 cm³/mol. The van der Waals surface area contributed by atoms with Crippen LogP contribution in [-0.2, 0) is 28.9 Å². The summed E-state index contributed by atoms with van der Waals surface area (Å²) in [5, 5.41) is 25.1. The standard InChI is InChI=1S/C20H16F6N4O3/c1-30-7-10(17(29-30)20(24,25)26)14-15(13-5-12(31)16(14)33-13)18(32)28-11-4-9(19(21,22)23)3-2-8(11)6-27/h2-4,7,12-16,31H,5H2,1H3,(H,28,32)/t12-,13+,14+,15-,16-/m0/s1. The molecule has 5 atom stereocenters. The van der Waals surface area contributed by atoms with Crippen molar-refractivity contribution in [1.29, 1.82) is 5.26 Å². The van der Waals surface area contributed by atoms with E-state index < -0.39 is 65.4 Å². The minimum Gasteiger partial charge on any atom is -0.390 e. The third kappa shape index (κ3) is 4.04. The first-order valence-corrected chi connectivity index (χ1v) is 9.67. The zero-order valence-electron chi connectivity index (χ0n) is 16.8. The number of hydrogen-bond donors (Lipinski definition) is 2. The van der Waals surface area contributed by atoms with Gasteiger partial charge in [0, 0.05) is 31.1 Å². The lowest BCUT2D eigenvalue weighted by Gasteiger charge is -2.30. The molecule has 0 radical (unpaired) electrons. The van der Waals surface area contributed by atoms with Crippen molar-refractivity contribution in [3.63, 3.8) is 0 Å². The molecule has 3 heterocycles. The predicted octanol–water partition coefficient (Wildman–Crippen LogP) is 3.20. The molecule has 1 aromatic carbocycles. The van der Waals surface area contributed by atoms with Crippen molar-refractivity contribution in [1.82, 2.24) is 9.78 Å². The number of fused-ring (bicyclic) bond motifs is 2. The number of hydrogen-bond acceptors (Lipinski definition) is 5. The molecule has 2 bridgehead atoms. The van der Waals surface area contributed by atoms with Crippen LogP contribution in [0.4, 0.5) is 32.0 Å². The molecule has 1 aromatic heterocycles. The van der Waals surface area contributed by atoms with Crippen LogP contribution in [0.25, 0.3) is 0 Å². The molecular formula is C20H16F6N4O3. The quantitative estimate of drug-likeness (QED) is 0.666. The molecule has 2 fully saturated rings. The van der Waals surface area contributed by atoms with Gasteiger partial charge in [0.15, 0.2) is 5.69 Å². The van der Waals surface area contributed by atoms with Crippen LogP contribution < -0.4 is 5.32 Å². The Labute approximate surface area is 182 Å². The summed E-state index contributed by atoms with van der Waals surface area (Å²) in [6, 6.07) is 3.82. The van der Waals surface area contributed by atoms with E-state index in [2.05, 4.69) is 10.4 Å². The number of aryl methyl sites for hydroxylation is 1. The highest BCUT2D eigenvalue weighted by Crippen LogP contribution is 2.51. The molecule has 1 amide bonds. The summed E-state index contributed by atoms with van der Waals surface area (Å²) in [6.07, 6.45) is -11.8. The third-order valence-electron chi connectivity index (χ3n) is 5.84. The Hall–Kier alpha value is -3.11. The van der Waals surface area contributed by atoms with Crippen molar-refractivity contribution in [3.05, 3.63) is 46.8 Å². The largest absolute Gasteiger partial charge is 0.435 e. The van der Waals surface area contributed by atoms with Crippen molar-refractivity contribution in [2.24, 2.45) is 13.0 Å². The Morgan fingerprint density at radius 3 is 2.58 bits per heavy atom. The van der Waals surface area contributed by atoms with Crippen molar-refractivity contribution < 1.29 is 41.0 Å². The second-order valence-corrected chi connectivity index (χ2v) is 7.96. The highest BCUT2D eigenvalue weighted by Gasteiger charge is 2.59. The Balaban J connectivity index is 1.72. The summed E-state index contributed by atoms with van der Waals surface area (Å²) in [4.78, 5) is 13.1. The molecule has 0 spiro atoms. The van der Waals surface area contributed by atoms with E-state index in [4.69, 9.17) is 4.74 Å². The summed E-state index contributed by atoms with van der Waals surface area (Å²) in [6.45, 7) is 0. The van der Waals surface area contributed by atoms with Gasteiger partial charge in [-0.05, 0) is 18.2 Å². The number of aromatic nitrogens is 2. The number of aliphatic hydroxyl groups excluding tert-OH is 1. The van der Waals surface area contributed by atoms with Gasteiger partial charge in [0.05, 0.1) is 41.0 Å². The molecule has 0 aliphatic carbocycles. The lowest BCUT2D eigenvalue weighted by Crippen LogP contribution is -2.41. The number of carbonyl (C=O) groups is 1. The van der Waals surface area contributed by atoms with Crippen LogP contribution in [0.5, 0.6) is 0 Å². The minimum atomic E-state index is -4.85. The number of rotatable bonds is 3. The third-order valence-corrected chi connectivity index (χ3v) is 5.84. The topological polar surface area (TPSA) is 100 Å². The summed E-state index contributed by atoms with van der Waals surface area (Å²) in [5.74, 6) is -3.43. The number of amides is 1. The van der Waals surface area contributed by atoms with E-state index >= 15 is 0 Å². The van der Waals surface area contributed by atoms with Crippen molar-refractivity contribution >= 4 is 11.6 Å². The Bertz CT molecular complexity index is 1140. The maximum absolute atomic E-state index is 13.6. The number of ether oxygens (including phenoxy) is 1. The fourth-order valence-electron chi connectivity index (χ4n) is 4.52. The first-order valence-electron chi connectivity index (χ1n) is 9.67. The van der Waals surface area contributed by atoms with Gasteiger partial charge in [0.25, 0.3) is 0 Å². The molecular weight excluding hydrogens is 458 g/mol. The maximum atomic E-state index is 13.6. The van der Waals surface area contributed by atoms with Gasteiger partial charge in [-0.15, -0.1) is 0 Å². The normalized spacial score (nSPS) is 26.9. The molecule has 0 unspecified atom stereocenters. The van der Waals surface area contributed by atoms with Crippen LogP contribution in [0.15, 0.2) is 24.4 Å². The number of nitriles is 1. The van der Waals surface area contributed by atoms with Crippen molar-refractivity contribution in [2.45, 2.75) is 43.0 Å². The molecule has 2 aromatic rings. The summed E-state index contributed by atoms with van der Waals surface area (Å²) >= 11 is 0. The zero-order chi connectivity index (χ0) is 24.3. The molecule has 2 aliphatic heterocycles. The van der Waals surface area contributed by atoms with E-state index in [0.29, 0.717) is 12.1 Å². The van der Waals surface area contributed by atoms with Gasteiger partial charge < -0.3 is 15.2 Å². The van der Waals surface area contributed by atoms with E-state index in [1.54, 1.807) is 6.07 Å². The van der Waals surface area contributed by atoms with Crippen LogP contribution >= 0.6 is 0 Å². The SMILES string of the molecule is Cn1cc([C@H]2[C@H]3O[C@H](C[C@@H]3O)[C@@H]2C(=O)Nc2cc(C(F)(F)F)ccc2C#N)c(C(F)(F)F)n1. The minimum absolute atomic E-state index is 0.0332. The van der Waals surface area contributed by atoms with Crippen LogP contribution in [0, 0.1) is 17.2 Å². The number of halogens is 6. The first kappa shape index (κ1) is 23.1. The second kappa shape index (κ2) is 7.74. The Morgan fingerprint density at radius 2 is 1.97 bits per heavy atom. The molecule has 4 rings (SSSR count). The highest BCUT2D eigenvalue weighted by molar-refractivity contribution is 5.95. The zero-order valence-corrected chi connectivity index (χ0v) is 16.8. The summed E-state index contributed by atoms with van der Waals surface area (Å²) in [5.41, 5.74) is -3.40. The van der Waals surface area contributed by atoms with Crippen LogP contribution in [-0.4, -0.2) is 39.1 Å². The number of benzene rings is 1. The number of carbonyl (C=O) groups excluding carboxylic acids is 1. The summed E-state index contributed by atoms with van der Waals surface area (Å²) in [7, 11) is 1.26. The Kier molecular flexibility index (Phi) is 5.41. The van der Waals surface area contributed by atoms with E-state index in [9.17, 15) is 41.5 Å². The smallest absolute Gasteiger partial charge is 0.390 e. The van der Waals surface area contributed by atoms with Gasteiger partial charge in [0.1, 0.15) is 6.07 Å². The van der Waals surface area contributed by atoms with Gasteiger partial charge in [-0.1, -0.05) is 0 Å². The fourth-order valence-corrected chi connectivity index (χ4v) is 4.52. The lowest BCUT2D eigenvalue weighted by atomic mass is 9.73. The van der Waals surface area contributed by atoms with Crippen molar-refractivity contribution in [2.75, 3.05) is 5.32 Å². The van der Waals surface area contributed by atoms with E-state index in [0.717, 1.165) is 16.9 Å². The van der Waals surface area contributed by atoms with E-state index in [1.807, 2.05) is 0 Å². The van der Waals surface area contributed by atoms with E-state index in [-0.39, 0.29) is 17.5 Å². The van der Waals surface area contributed by atoms with Gasteiger partial charge in [-0.25, -0.2) is 0 Å². The van der Waals surface area contributed by atoms with Crippen LogP contribution in [0.1, 0.15) is 34.7 Å². The molecule has 7 nitrogen and oxygen atoms in total. The fraction of sp³-hybridized carbons (Fsp3) is 0.450. The number of nitrogens with one attached hydrogen (secondary N) is 1. The maximum Gasteiger partial charge on any atom is 0.435 e. The van der Waals surface area contributed by atoms with Crippen LogP contribution in [0.2, 0.25) is 0 Å². The molecule has 2 N–H and O–H groups in total. The molecule has 2 aliphatic rings. The molecule has 2 saturated heterocycles. The molecule has 33 heavy (non-hydrogen) atoms. The monoisotopic (exact) mass is 474 g/mol. The number of alkyl halides is 6. The lowest BCUT2D eigenvalue weighted by molar-refractivity contribution is -0.143. The van der Waals surface area contributed by atoms with Gasteiger partial charge in [0.2, 0.25) is 5.91 Å². The van der Waals surface area contributed by atoms with Gasteiger partial charge >= 0.3 is 12.4 Å². The number of nitrogens with zero attached hydrogens (tertiary/aromatic N) is 3. The first-order chi connectivity index (χ1) is 15.3. The average molecular weight is 474 g/mol. The molecule has 0 saturated carbocycles. The van der Waals surface area contributed by atoms with Gasteiger partial charge in [-0.3, -0.25) is 9.48 Å².